The number of hydrogen-bond donors (Lipinski definition) is 3. The highest BCUT2D eigenvalue weighted by Gasteiger charge is 2.26. The zero-order chi connectivity index (χ0) is 22.4. The number of amides is 1. The van der Waals surface area contributed by atoms with E-state index in [1.54, 1.807) is 23.6 Å². The lowest BCUT2D eigenvalue weighted by Crippen LogP contribution is -2.18. The standard InChI is InChI=1S/C23H29N5O3/c1-12-5-6-17(29)14(3)19(12)28-20(24)18(21(25)30)16-9-13(2)23(26-22(16)28)31-11-15-7-8-27(4)10-15/h5-6,9,15,29H,7-8,10-11,24H2,1-4H3,(H2,25,30)/t15-/m0/s1. The maximum atomic E-state index is 12.3. The predicted molar refractivity (Wildman–Crippen MR) is 121 cm³/mol. The predicted octanol–water partition coefficient (Wildman–Crippen LogP) is 2.67. The molecular weight excluding hydrogens is 394 g/mol. The van der Waals surface area contributed by atoms with Crippen molar-refractivity contribution < 1.29 is 14.6 Å². The van der Waals surface area contributed by atoms with Crippen LogP contribution < -0.4 is 16.2 Å². The molecule has 0 radical (unpaired) electrons. The van der Waals surface area contributed by atoms with Gasteiger partial charge in [-0.05, 0) is 58.5 Å². The second-order valence-corrected chi connectivity index (χ2v) is 8.54. The second-order valence-electron chi connectivity index (χ2n) is 8.54. The maximum Gasteiger partial charge on any atom is 0.253 e. The van der Waals surface area contributed by atoms with E-state index in [-0.39, 0.29) is 17.1 Å². The molecular formula is C23H29N5O3. The number of pyridine rings is 1. The highest BCUT2D eigenvalue weighted by atomic mass is 16.5. The molecule has 0 bridgehead atoms. The topological polar surface area (TPSA) is 120 Å². The molecule has 8 nitrogen and oxygen atoms in total. The molecule has 31 heavy (non-hydrogen) atoms. The fraction of sp³-hybridized carbons (Fsp3) is 0.391. The Bertz CT molecular complexity index is 1180. The number of fused-ring (bicyclic) bond motifs is 1. The molecule has 1 amide bonds. The van der Waals surface area contributed by atoms with E-state index in [0.717, 1.165) is 30.6 Å². The number of aromatic hydroxyl groups is 1. The lowest BCUT2D eigenvalue weighted by Gasteiger charge is -2.16. The number of rotatable bonds is 5. The fourth-order valence-electron chi connectivity index (χ4n) is 4.47. The number of nitrogens with zero attached hydrogens (tertiary/aromatic N) is 3. The minimum atomic E-state index is -0.624. The Labute approximate surface area is 181 Å². The molecule has 1 aliphatic heterocycles. The van der Waals surface area contributed by atoms with Crippen LogP contribution in [0.25, 0.3) is 16.7 Å². The van der Waals surface area contributed by atoms with Crippen molar-refractivity contribution in [3.63, 3.8) is 0 Å². The second kappa shape index (κ2) is 7.77. The van der Waals surface area contributed by atoms with E-state index in [9.17, 15) is 9.90 Å². The van der Waals surface area contributed by atoms with Crippen molar-refractivity contribution in [3.05, 3.63) is 40.5 Å². The average molecular weight is 424 g/mol. The number of aryl methyl sites for hydroxylation is 2. The van der Waals surface area contributed by atoms with E-state index in [1.165, 1.54) is 0 Å². The summed E-state index contributed by atoms with van der Waals surface area (Å²) in [6.45, 7) is 8.25. The third kappa shape index (κ3) is 3.57. The summed E-state index contributed by atoms with van der Waals surface area (Å²) in [7, 11) is 2.11. The summed E-state index contributed by atoms with van der Waals surface area (Å²) in [6, 6.07) is 5.28. The van der Waals surface area contributed by atoms with E-state index >= 15 is 0 Å². The number of likely N-dealkylation sites (tertiary alicyclic amines) is 1. The van der Waals surface area contributed by atoms with Crippen molar-refractivity contribution in [2.24, 2.45) is 11.7 Å². The van der Waals surface area contributed by atoms with E-state index in [1.807, 2.05) is 19.9 Å². The third-order valence-electron chi connectivity index (χ3n) is 6.14. The van der Waals surface area contributed by atoms with E-state index in [0.29, 0.717) is 40.7 Å². The van der Waals surface area contributed by atoms with Crippen LogP contribution in [0.3, 0.4) is 0 Å². The van der Waals surface area contributed by atoms with Gasteiger partial charge in [-0.2, -0.15) is 4.98 Å². The first kappa shape index (κ1) is 21.0. The van der Waals surface area contributed by atoms with Crippen LogP contribution >= 0.6 is 0 Å². The molecule has 164 valence electrons. The Hall–Kier alpha value is -3.26. The summed E-state index contributed by atoms with van der Waals surface area (Å²) in [6.07, 6.45) is 1.09. The SMILES string of the molecule is Cc1cc2c(C(N)=O)c(N)n(-c3c(C)ccc(O)c3C)c2nc1OC[C@H]1CCN(C)C1. The Morgan fingerprint density at radius 1 is 1.29 bits per heavy atom. The number of phenols is 1. The van der Waals surface area contributed by atoms with Gasteiger partial charge in [-0.25, -0.2) is 0 Å². The number of phenolic OH excluding ortho intramolecular Hbond substituents is 1. The lowest BCUT2D eigenvalue weighted by atomic mass is 10.1. The minimum absolute atomic E-state index is 0.136. The van der Waals surface area contributed by atoms with Crippen molar-refractivity contribution in [1.29, 1.82) is 0 Å². The number of carbonyl (C=O) groups excluding carboxylic acids is 1. The van der Waals surface area contributed by atoms with Gasteiger partial charge in [0.05, 0.1) is 17.9 Å². The van der Waals surface area contributed by atoms with Gasteiger partial charge in [0.15, 0.2) is 5.65 Å². The quantitative estimate of drug-likeness (QED) is 0.580. The van der Waals surface area contributed by atoms with Crippen LogP contribution in [0.4, 0.5) is 5.82 Å². The third-order valence-corrected chi connectivity index (χ3v) is 6.14. The number of aromatic nitrogens is 2. The molecule has 1 aliphatic rings. The molecule has 8 heteroatoms. The van der Waals surface area contributed by atoms with Gasteiger partial charge in [0.25, 0.3) is 5.91 Å². The molecule has 1 saturated heterocycles. The summed E-state index contributed by atoms with van der Waals surface area (Å²) in [5.41, 5.74) is 15.8. The van der Waals surface area contributed by atoms with Gasteiger partial charge in [0, 0.05) is 29.0 Å². The molecule has 0 spiro atoms. The van der Waals surface area contributed by atoms with Gasteiger partial charge in [-0.3, -0.25) is 9.36 Å². The number of hydrogen-bond acceptors (Lipinski definition) is 6. The van der Waals surface area contributed by atoms with Crippen LogP contribution in [0.15, 0.2) is 18.2 Å². The number of primary amides is 1. The fourth-order valence-corrected chi connectivity index (χ4v) is 4.47. The highest BCUT2D eigenvalue weighted by Crippen LogP contribution is 2.37. The van der Waals surface area contributed by atoms with Crippen molar-refractivity contribution in [2.45, 2.75) is 27.2 Å². The van der Waals surface area contributed by atoms with Gasteiger partial charge in [0.1, 0.15) is 11.6 Å². The number of nitrogen functional groups attached to an aromatic ring is 1. The van der Waals surface area contributed by atoms with Crippen LogP contribution in [-0.4, -0.2) is 52.2 Å². The summed E-state index contributed by atoms with van der Waals surface area (Å²) >= 11 is 0. The smallest absolute Gasteiger partial charge is 0.253 e. The molecule has 3 aromatic rings. The van der Waals surface area contributed by atoms with E-state index in [2.05, 4.69) is 11.9 Å². The summed E-state index contributed by atoms with van der Waals surface area (Å²) in [4.78, 5) is 19.3. The van der Waals surface area contributed by atoms with Crippen LogP contribution in [0.5, 0.6) is 11.6 Å². The van der Waals surface area contributed by atoms with Gasteiger partial charge < -0.3 is 26.2 Å². The minimum Gasteiger partial charge on any atom is -0.508 e. The van der Waals surface area contributed by atoms with Crippen molar-refractivity contribution in [1.82, 2.24) is 14.5 Å². The normalized spacial score (nSPS) is 16.8. The highest BCUT2D eigenvalue weighted by molar-refractivity contribution is 6.11. The Kier molecular flexibility index (Phi) is 5.26. The lowest BCUT2D eigenvalue weighted by molar-refractivity contribution is 0.100. The van der Waals surface area contributed by atoms with Gasteiger partial charge in [-0.1, -0.05) is 6.07 Å². The summed E-state index contributed by atoms with van der Waals surface area (Å²) in [5, 5.41) is 10.9. The van der Waals surface area contributed by atoms with Crippen molar-refractivity contribution in [3.8, 4) is 17.3 Å². The van der Waals surface area contributed by atoms with Gasteiger partial charge in [-0.15, -0.1) is 0 Å². The largest absolute Gasteiger partial charge is 0.508 e. The maximum absolute atomic E-state index is 12.3. The number of carbonyl (C=O) groups is 1. The molecule has 0 aliphatic carbocycles. The number of benzene rings is 1. The molecule has 1 atom stereocenters. The van der Waals surface area contributed by atoms with Gasteiger partial charge >= 0.3 is 0 Å². The molecule has 5 N–H and O–H groups in total. The number of ether oxygens (including phenoxy) is 1. The molecule has 1 fully saturated rings. The average Bonchev–Trinajstić information content (AvgIpc) is 3.24. The first-order valence-corrected chi connectivity index (χ1v) is 10.4. The monoisotopic (exact) mass is 423 g/mol. The summed E-state index contributed by atoms with van der Waals surface area (Å²) < 4.78 is 7.79. The van der Waals surface area contributed by atoms with Gasteiger partial charge in [0.2, 0.25) is 5.88 Å². The molecule has 3 heterocycles. The summed E-state index contributed by atoms with van der Waals surface area (Å²) in [5.74, 6) is 0.667. The Morgan fingerprint density at radius 3 is 2.68 bits per heavy atom. The number of anilines is 1. The number of nitrogens with two attached hydrogens (primary N) is 2. The van der Waals surface area contributed by atoms with E-state index in [4.69, 9.17) is 21.2 Å². The molecule has 4 rings (SSSR count). The van der Waals surface area contributed by atoms with E-state index < -0.39 is 5.91 Å². The molecule has 0 unspecified atom stereocenters. The Balaban J connectivity index is 1.88. The van der Waals surface area contributed by atoms with Crippen LogP contribution in [-0.2, 0) is 0 Å². The molecule has 1 aromatic carbocycles. The van der Waals surface area contributed by atoms with Crippen LogP contribution in [0, 0.1) is 26.7 Å². The molecule has 0 saturated carbocycles. The Morgan fingerprint density at radius 2 is 2.03 bits per heavy atom. The van der Waals surface area contributed by atoms with Crippen molar-refractivity contribution >= 4 is 22.8 Å². The van der Waals surface area contributed by atoms with Crippen LogP contribution in [0.2, 0.25) is 0 Å². The first-order valence-electron chi connectivity index (χ1n) is 10.4. The van der Waals surface area contributed by atoms with Crippen molar-refractivity contribution in [2.75, 3.05) is 32.5 Å². The first-order chi connectivity index (χ1) is 14.7. The zero-order valence-electron chi connectivity index (χ0n) is 18.4. The zero-order valence-corrected chi connectivity index (χ0v) is 18.4. The van der Waals surface area contributed by atoms with Crippen LogP contribution in [0.1, 0.15) is 33.5 Å². The molecule has 2 aromatic heterocycles.